The highest BCUT2D eigenvalue weighted by Gasteiger charge is 2.31. The Kier molecular flexibility index (Phi) is 5.64. The molecule has 1 atom stereocenters. The summed E-state index contributed by atoms with van der Waals surface area (Å²) in [5.74, 6) is -0.860. The molecular formula is C20H15BrClFN4O2. The van der Waals surface area contributed by atoms with Gasteiger partial charge in [0.2, 0.25) is 6.10 Å². The standard InChI is InChI=1S/C20H15BrClFN4O2/c21-13-9-24-27(11-13)10-12-4-6-14(7-5-12)25-20(28)18-8-17(26-29-18)19-15(22)2-1-3-16(19)23/h1-7,9,11,18H,8,10H2,(H,25,28). The monoisotopic (exact) mass is 476 g/mol. The second-order valence-corrected chi connectivity index (χ2v) is 7.80. The Labute approximate surface area is 179 Å². The minimum Gasteiger partial charge on any atom is -0.382 e. The van der Waals surface area contributed by atoms with Crippen LogP contribution in [-0.2, 0) is 16.2 Å². The number of oxime groups is 1. The lowest BCUT2D eigenvalue weighted by Gasteiger charge is -2.10. The third-order valence-corrected chi connectivity index (χ3v) is 5.10. The molecule has 3 aromatic rings. The van der Waals surface area contributed by atoms with Gasteiger partial charge in [-0.1, -0.05) is 35.0 Å². The van der Waals surface area contributed by atoms with Gasteiger partial charge in [0.15, 0.2) is 0 Å². The first-order chi connectivity index (χ1) is 14.0. The summed E-state index contributed by atoms with van der Waals surface area (Å²) >= 11 is 9.42. The number of benzene rings is 2. The number of aromatic nitrogens is 2. The number of anilines is 1. The van der Waals surface area contributed by atoms with Crippen LogP contribution in [0.5, 0.6) is 0 Å². The average Bonchev–Trinajstić information content (AvgIpc) is 3.33. The molecule has 1 aromatic heterocycles. The maximum absolute atomic E-state index is 14.0. The Morgan fingerprint density at radius 2 is 2.10 bits per heavy atom. The molecule has 0 spiro atoms. The van der Waals surface area contributed by atoms with Gasteiger partial charge in [0.05, 0.1) is 33.5 Å². The maximum Gasteiger partial charge on any atom is 0.268 e. The van der Waals surface area contributed by atoms with E-state index in [1.165, 1.54) is 12.1 Å². The number of hydrogen-bond acceptors (Lipinski definition) is 4. The zero-order valence-electron chi connectivity index (χ0n) is 15.0. The van der Waals surface area contributed by atoms with E-state index in [1.807, 2.05) is 18.3 Å². The van der Waals surface area contributed by atoms with E-state index in [0.717, 1.165) is 10.0 Å². The van der Waals surface area contributed by atoms with Gasteiger partial charge in [-0.2, -0.15) is 5.10 Å². The molecule has 1 unspecified atom stereocenters. The molecule has 1 N–H and O–H groups in total. The summed E-state index contributed by atoms with van der Waals surface area (Å²) in [7, 11) is 0. The van der Waals surface area contributed by atoms with Crippen LogP contribution < -0.4 is 5.32 Å². The molecular weight excluding hydrogens is 463 g/mol. The lowest BCUT2D eigenvalue weighted by Crippen LogP contribution is -2.28. The summed E-state index contributed by atoms with van der Waals surface area (Å²) in [6.07, 6.45) is 2.90. The summed E-state index contributed by atoms with van der Waals surface area (Å²) < 4.78 is 16.8. The lowest BCUT2D eigenvalue weighted by atomic mass is 10.0. The van der Waals surface area contributed by atoms with Crippen molar-refractivity contribution in [2.24, 2.45) is 5.16 Å². The molecule has 0 saturated carbocycles. The number of hydrogen-bond donors (Lipinski definition) is 1. The number of carbonyl (C=O) groups is 1. The zero-order valence-corrected chi connectivity index (χ0v) is 17.3. The van der Waals surface area contributed by atoms with Crippen LogP contribution in [0.3, 0.4) is 0 Å². The fourth-order valence-corrected chi connectivity index (χ4v) is 3.57. The smallest absolute Gasteiger partial charge is 0.268 e. The van der Waals surface area contributed by atoms with Gasteiger partial charge in [-0.05, 0) is 45.8 Å². The molecule has 2 heterocycles. The average molecular weight is 478 g/mol. The SMILES string of the molecule is O=C(Nc1ccc(Cn2cc(Br)cn2)cc1)C1CC(c2c(F)cccc2Cl)=NO1. The summed E-state index contributed by atoms with van der Waals surface area (Å²) in [4.78, 5) is 17.7. The number of carbonyl (C=O) groups excluding carboxylic acids is 1. The van der Waals surface area contributed by atoms with Crippen LogP contribution >= 0.6 is 27.5 Å². The van der Waals surface area contributed by atoms with E-state index < -0.39 is 11.9 Å². The number of amides is 1. The van der Waals surface area contributed by atoms with Gasteiger partial charge in [-0.3, -0.25) is 9.48 Å². The molecule has 29 heavy (non-hydrogen) atoms. The van der Waals surface area contributed by atoms with Gasteiger partial charge in [0.1, 0.15) is 5.82 Å². The summed E-state index contributed by atoms with van der Waals surface area (Å²) in [5.41, 5.74) is 2.14. The van der Waals surface area contributed by atoms with Crippen LogP contribution in [0.15, 0.2) is 64.5 Å². The second kappa shape index (κ2) is 8.34. The van der Waals surface area contributed by atoms with Gasteiger partial charge >= 0.3 is 0 Å². The molecule has 1 amide bonds. The normalized spacial score (nSPS) is 15.7. The van der Waals surface area contributed by atoms with Gasteiger partial charge < -0.3 is 10.2 Å². The van der Waals surface area contributed by atoms with E-state index in [2.05, 4.69) is 31.5 Å². The minimum atomic E-state index is -0.846. The van der Waals surface area contributed by atoms with E-state index in [1.54, 1.807) is 29.1 Å². The molecule has 0 bridgehead atoms. The quantitative estimate of drug-likeness (QED) is 0.583. The highest BCUT2D eigenvalue weighted by molar-refractivity contribution is 9.10. The number of nitrogens with one attached hydrogen (secondary N) is 1. The molecule has 4 rings (SSSR count). The Bertz CT molecular complexity index is 1060. The van der Waals surface area contributed by atoms with E-state index >= 15 is 0 Å². The molecule has 9 heteroatoms. The molecule has 0 fully saturated rings. The van der Waals surface area contributed by atoms with Crippen LogP contribution in [0.4, 0.5) is 10.1 Å². The van der Waals surface area contributed by atoms with Gasteiger partial charge in [-0.15, -0.1) is 0 Å². The van der Waals surface area contributed by atoms with Crippen molar-refractivity contribution in [3.63, 3.8) is 0 Å². The lowest BCUT2D eigenvalue weighted by molar-refractivity contribution is -0.125. The number of nitrogens with zero attached hydrogens (tertiary/aromatic N) is 3. The Morgan fingerprint density at radius 1 is 1.31 bits per heavy atom. The van der Waals surface area contributed by atoms with E-state index in [9.17, 15) is 9.18 Å². The highest BCUT2D eigenvalue weighted by Crippen LogP contribution is 2.26. The third kappa shape index (κ3) is 4.49. The first-order valence-electron chi connectivity index (χ1n) is 8.74. The summed E-state index contributed by atoms with van der Waals surface area (Å²) in [6.45, 7) is 0.617. The molecule has 1 aliphatic rings. The van der Waals surface area contributed by atoms with Crippen LogP contribution in [0.2, 0.25) is 5.02 Å². The molecule has 1 aliphatic heterocycles. The van der Waals surface area contributed by atoms with Crippen LogP contribution in [0.1, 0.15) is 17.5 Å². The molecule has 0 saturated heterocycles. The Hall–Kier alpha value is -2.71. The molecule has 2 aromatic carbocycles. The van der Waals surface area contributed by atoms with Crippen LogP contribution in [0, 0.1) is 5.82 Å². The first-order valence-corrected chi connectivity index (χ1v) is 9.91. The van der Waals surface area contributed by atoms with Crippen molar-refractivity contribution < 1.29 is 14.0 Å². The molecule has 0 aliphatic carbocycles. The zero-order chi connectivity index (χ0) is 20.4. The number of halogens is 3. The summed E-state index contributed by atoms with van der Waals surface area (Å²) in [6, 6.07) is 11.8. The van der Waals surface area contributed by atoms with Crippen molar-refractivity contribution in [3.8, 4) is 0 Å². The third-order valence-electron chi connectivity index (χ3n) is 4.38. The Balaban J connectivity index is 1.36. The van der Waals surface area contributed by atoms with E-state index in [-0.39, 0.29) is 22.9 Å². The minimum absolute atomic E-state index is 0.138. The fraction of sp³-hybridized carbons (Fsp3) is 0.150. The predicted octanol–water partition coefficient (Wildman–Crippen LogP) is 4.62. The first kappa shape index (κ1) is 19.6. The van der Waals surface area contributed by atoms with Crippen molar-refractivity contribution in [2.75, 3.05) is 5.32 Å². The van der Waals surface area contributed by atoms with Gasteiger partial charge in [-0.25, -0.2) is 4.39 Å². The number of rotatable bonds is 5. The highest BCUT2D eigenvalue weighted by atomic mass is 79.9. The second-order valence-electron chi connectivity index (χ2n) is 6.48. The predicted molar refractivity (Wildman–Crippen MR) is 112 cm³/mol. The van der Waals surface area contributed by atoms with Crippen molar-refractivity contribution in [1.82, 2.24) is 9.78 Å². The van der Waals surface area contributed by atoms with Crippen molar-refractivity contribution >= 4 is 44.8 Å². The Morgan fingerprint density at radius 3 is 2.79 bits per heavy atom. The van der Waals surface area contributed by atoms with Crippen molar-refractivity contribution in [3.05, 3.63) is 81.3 Å². The van der Waals surface area contributed by atoms with Crippen molar-refractivity contribution in [2.45, 2.75) is 19.1 Å². The fourth-order valence-electron chi connectivity index (χ4n) is 2.97. The topological polar surface area (TPSA) is 68.5 Å². The molecule has 148 valence electrons. The largest absolute Gasteiger partial charge is 0.382 e. The molecule has 0 radical (unpaired) electrons. The van der Waals surface area contributed by atoms with E-state index in [0.29, 0.717) is 17.9 Å². The maximum atomic E-state index is 14.0. The van der Waals surface area contributed by atoms with Crippen LogP contribution in [0.25, 0.3) is 0 Å². The van der Waals surface area contributed by atoms with Gasteiger partial charge in [0, 0.05) is 18.3 Å². The van der Waals surface area contributed by atoms with E-state index in [4.69, 9.17) is 16.4 Å². The van der Waals surface area contributed by atoms with Crippen LogP contribution in [-0.4, -0.2) is 27.5 Å². The molecule has 6 nitrogen and oxygen atoms in total. The van der Waals surface area contributed by atoms with Gasteiger partial charge in [0.25, 0.3) is 5.91 Å². The van der Waals surface area contributed by atoms with Crippen molar-refractivity contribution in [1.29, 1.82) is 0 Å². The summed E-state index contributed by atoms with van der Waals surface area (Å²) in [5, 5.41) is 11.1.